The van der Waals surface area contributed by atoms with Crippen LogP contribution in [0.4, 0.5) is 26.7 Å². The number of hydrogen-bond donors (Lipinski definition) is 2. The number of hydrogen-bond acceptors (Lipinski definition) is 6. The summed E-state index contributed by atoms with van der Waals surface area (Å²) in [6.45, 7) is 9.80. The van der Waals surface area contributed by atoms with Crippen LogP contribution in [0, 0.1) is 20.8 Å². The van der Waals surface area contributed by atoms with Gasteiger partial charge in [0.05, 0.1) is 5.69 Å². The molecule has 2 saturated heterocycles. The van der Waals surface area contributed by atoms with Crippen molar-refractivity contribution in [3.63, 3.8) is 0 Å². The van der Waals surface area contributed by atoms with Crippen molar-refractivity contribution < 1.29 is 28.8 Å². The number of carbonyl (C=O) groups excluding carboxylic acids is 6. The molecule has 2 saturated carbocycles. The largest absolute Gasteiger partial charge is 0.333 e. The molecule has 12 nitrogen and oxygen atoms in total. The molecule has 4 aromatic rings. The molecule has 0 radical (unpaired) electrons. The van der Waals surface area contributed by atoms with Crippen LogP contribution in [0.15, 0.2) is 89.4 Å². The molecule has 2 spiro atoms. The third kappa shape index (κ3) is 8.32. The van der Waals surface area contributed by atoms with Crippen molar-refractivity contribution in [2.45, 2.75) is 141 Å². The monoisotopic (exact) mass is 956 g/mol. The molecule has 2 unspecified atom stereocenters. The standard InChI is InChI=1S/C53H61BrN6O6/c1-6-38-20-17-21-39(7-2)43(38)56-47(62)44(58-48(63)52(27-13-9-14-28-52)57(50(58)65)31-26-37-18-11-8-12-19-37)45(46(61)55-42-36(5)32-35(4)33-41(42)54)59-49(64)53(29-15-10-16-30-53)60(51(59)66)40-24-22-34(3)23-25-40/h8,11-12,17-25,32-33,44-45H,6-7,9-10,13-16,26-31H2,1-5H3,(H,55,61)(H,56,62). The number of nitrogens with one attached hydrogen (secondary N) is 2. The van der Waals surface area contributed by atoms with Crippen molar-refractivity contribution in [1.82, 2.24) is 14.7 Å². The summed E-state index contributed by atoms with van der Waals surface area (Å²) in [6, 6.07) is 21.0. The Morgan fingerprint density at radius 1 is 0.621 bits per heavy atom. The Labute approximate surface area is 396 Å². The Kier molecular flexibility index (Phi) is 13.6. The van der Waals surface area contributed by atoms with Gasteiger partial charge in [-0.1, -0.05) is 125 Å². The fraction of sp³-hybridized carbons (Fsp3) is 0.434. The lowest BCUT2D eigenvalue weighted by atomic mass is 9.79. The predicted octanol–water partition coefficient (Wildman–Crippen LogP) is 10.2. The minimum Gasteiger partial charge on any atom is -0.324 e. The highest BCUT2D eigenvalue weighted by Crippen LogP contribution is 2.47. The van der Waals surface area contributed by atoms with Gasteiger partial charge in [0, 0.05) is 22.4 Å². The van der Waals surface area contributed by atoms with E-state index < -0.39 is 58.9 Å². The minimum atomic E-state index is -1.99. The van der Waals surface area contributed by atoms with E-state index in [1.54, 1.807) is 17.0 Å². The number of urea groups is 2. The van der Waals surface area contributed by atoms with E-state index in [9.17, 15) is 0 Å². The van der Waals surface area contributed by atoms with Crippen LogP contribution in [0.1, 0.15) is 111 Å². The predicted molar refractivity (Wildman–Crippen MR) is 260 cm³/mol. The zero-order valence-electron chi connectivity index (χ0n) is 38.8. The fourth-order valence-corrected chi connectivity index (χ4v) is 11.8. The number of halogens is 1. The van der Waals surface area contributed by atoms with Crippen LogP contribution in [-0.2, 0) is 38.4 Å². The van der Waals surface area contributed by atoms with E-state index in [0.717, 1.165) is 50.5 Å². The maximum absolute atomic E-state index is 15.9. The first kappa shape index (κ1) is 46.7. The van der Waals surface area contributed by atoms with Gasteiger partial charge in [0.25, 0.3) is 17.7 Å². The van der Waals surface area contributed by atoms with Crippen molar-refractivity contribution in [2.75, 3.05) is 22.1 Å². The molecule has 4 fully saturated rings. The van der Waals surface area contributed by atoms with Gasteiger partial charge in [-0.05, 0) is 128 Å². The lowest BCUT2D eigenvalue weighted by Gasteiger charge is -2.38. The van der Waals surface area contributed by atoms with Crippen LogP contribution in [0.25, 0.3) is 0 Å². The first-order valence-corrected chi connectivity index (χ1v) is 24.5. The number of imide groups is 2. The van der Waals surface area contributed by atoms with Gasteiger partial charge in [0.1, 0.15) is 11.1 Å². The Hall–Kier alpha value is -5.82. The summed E-state index contributed by atoms with van der Waals surface area (Å²) in [7, 11) is 0. The lowest BCUT2D eigenvalue weighted by molar-refractivity contribution is -0.146. The molecule has 0 bridgehead atoms. The fourth-order valence-electron chi connectivity index (χ4n) is 11.0. The van der Waals surface area contributed by atoms with E-state index in [1.807, 2.05) is 107 Å². The van der Waals surface area contributed by atoms with E-state index in [0.29, 0.717) is 97.7 Å². The Morgan fingerprint density at radius 2 is 1.15 bits per heavy atom. The Balaban J connectivity index is 1.35. The zero-order valence-corrected chi connectivity index (χ0v) is 40.3. The maximum Gasteiger partial charge on any atom is 0.333 e. The molecule has 346 valence electrons. The summed E-state index contributed by atoms with van der Waals surface area (Å²) < 4.78 is 0.545. The van der Waals surface area contributed by atoms with Crippen molar-refractivity contribution in [3.05, 3.63) is 123 Å². The molecular weight excluding hydrogens is 897 g/mol. The summed E-state index contributed by atoms with van der Waals surface area (Å²) in [5.41, 5.74) is 3.84. The zero-order chi connectivity index (χ0) is 46.9. The molecule has 13 heteroatoms. The lowest BCUT2D eigenvalue weighted by Crippen LogP contribution is -2.65. The first-order valence-electron chi connectivity index (χ1n) is 23.7. The van der Waals surface area contributed by atoms with Crippen LogP contribution in [0.3, 0.4) is 0 Å². The van der Waals surface area contributed by atoms with E-state index in [2.05, 4.69) is 26.6 Å². The van der Waals surface area contributed by atoms with Gasteiger partial charge < -0.3 is 15.5 Å². The second-order valence-electron chi connectivity index (χ2n) is 18.6. The third-order valence-electron chi connectivity index (χ3n) is 14.5. The van der Waals surface area contributed by atoms with Crippen molar-refractivity contribution in [3.8, 4) is 0 Å². The average Bonchev–Trinajstić information content (AvgIpc) is 3.63. The molecule has 2 heterocycles. The van der Waals surface area contributed by atoms with E-state index in [4.69, 9.17) is 0 Å². The number of anilines is 3. The second-order valence-corrected chi connectivity index (χ2v) is 19.5. The highest BCUT2D eigenvalue weighted by Gasteiger charge is 2.66. The normalized spacial score (nSPS) is 18.9. The molecule has 4 aromatic carbocycles. The maximum atomic E-state index is 15.9. The summed E-state index contributed by atoms with van der Waals surface area (Å²) in [6.07, 6.45) is 7.33. The quantitative estimate of drug-likeness (QED) is 0.128. The molecule has 2 atom stereocenters. The molecule has 2 aliphatic carbocycles. The summed E-state index contributed by atoms with van der Waals surface area (Å²) in [5, 5.41) is 6.12. The molecule has 8 rings (SSSR count). The van der Waals surface area contributed by atoms with Crippen LogP contribution in [0.5, 0.6) is 0 Å². The molecule has 0 aromatic heterocycles. The summed E-state index contributed by atoms with van der Waals surface area (Å²) >= 11 is 3.63. The summed E-state index contributed by atoms with van der Waals surface area (Å²) in [4.78, 5) is 99.3. The van der Waals surface area contributed by atoms with Gasteiger partial charge in [-0.15, -0.1) is 0 Å². The molecule has 66 heavy (non-hydrogen) atoms. The van der Waals surface area contributed by atoms with Crippen LogP contribution in [-0.4, -0.2) is 80.1 Å². The molecule has 8 amide bonds. The average molecular weight is 958 g/mol. The highest BCUT2D eigenvalue weighted by molar-refractivity contribution is 9.10. The smallest absolute Gasteiger partial charge is 0.324 e. The molecule has 2 N–H and O–H groups in total. The first-order chi connectivity index (χ1) is 31.8. The van der Waals surface area contributed by atoms with Gasteiger partial charge in [-0.2, -0.15) is 0 Å². The van der Waals surface area contributed by atoms with Gasteiger partial charge in [0.15, 0.2) is 12.1 Å². The van der Waals surface area contributed by atoms with Gasteiger partial charge in [-0.3, -0.25) is 24.1 Å². The number of amides is 8. The number of nitrogens with zero attached hydrogens (tertiary/aromatic N) is 4. The topological polar surface area (TPSA) is 139 Å². The van der Waals surface area contributed by atoms with Gasteiger partial charge >= 0.3 is 12.1 Å². The minimum absolute atomic E-state index is 0.177. The highest BCUT2D eigenvalue weighted by atomic mass is 79.9. The van der Waals surface area contributed by atoms with E-state index in [1.165, 1.54) is 4.90 Å². The molecule has 4 aliphatic rings. The number of aryl methyl sites for hydroxylation is 5. The van der Waals surface area contributed by atoms with Crippen molar-refractivity contribution in [1.29, 1.82) is 0 Å². The summed E-state index contributed by atoms with van der Waals surface area (Å²) in [5.74, 6) is -2.98. The van der Waals surface area contributed by atoms with Crippen LogP contribution < -0.4 is 15.5 Å². The SMILES string of the molecule is CCc1cccc(CC)c1NC(=O)C(C(C(=O)Nc1c(C)cc(C)cc1Br)N1C(=O)N(c2ccc(C)cc2)C2(CCCCC2)C1=O)N1C(=O)N(CCc2ccccc2)C2(CCCCC2)C1=O. The molecular formula is C53H61BrN6O6. The number of rotatable bonds is 13. The van der Waals surface area contributed by atoms with Gasteiger partial charge in [0.2, 0.25) is 5.91 Å². The van der Waals surface area contributed by atoms with Crippen LogP contribution >= 0.6 is 15.9 Å². The van der Waals surface area contributed by atoms with Gasteiger partial charge in [-0.25, -0.2) is 19.4 Å². The second kappa shape index (κ2) is 19.2. The van der Waals surface area contributed by atoms with Crippen molar-refractivity contribution >= 4 is 68.7 Å². The number of para-hydroxylation sites is 1. The van der Waals surface area contributed by atoms with E-state index in [-0.39, 0.29) is 6.54 Å². The Morgan fingerprint density at radius 3 is 1.71 bits per heavy atom. The number of benzene rings is 4. The Bertz CT molecular complexity index is 2490. The number of carbonyl (C=O) groups is 6. The third-order valence-corrected chi connectivity index (χ3v) is 15.1. The van der Waals surface area contributed by atoms with Crippen molar-refractivity contribution in [2.24, 2.45) is 0 Å². The van der Waals surface area contributed by atoms with E-state index >= 15 is 28.8 Å². The van der Waals surface area contributed by atoms with Crippen LogP contribution in [0.2, 0.25) is 0 Å². The molecule has 2 aliphatic heterocycles.